The summed E-state index contributed by atoms with van der Waals surface area (Å²) in [6.45, 7) is 0.779. The van der Waals surface area contributed by atoms with Gasteiger partial charge < -0.3 is 10.0 Å². The molecule has 0 aliphatic carbocycles. The monoisotopic (exact) mass is 402 g/mol. The highest BCUT2D eigenvalue weighted by molar-refractivity contribution is 5.85. The third-order valence-electron chi connectivity index (χ3n) is 5.25. The van der Waals surface area contributed by atoms with Crippen LogP contribution in [-0.4, -0.2) is 53.0 Å². The van der Waals surface area contributed by atoms with Crippen LogP contribution in [0.15, 0.2) is 60.7 Å². The Kier molecular flexibility index (Phi) is 8.03. The highest BCUT2D eigenvalue weighted by Gasteiger charge is 2.32. The molecule has 1 fully saturated rings. The molecule has 1 heterocycles. The molecule has 1 atom stereocenters. The summed E-state index contributed by atoms with van der Waals surface area (Å²) in [6, 6.07) is 19.1. The Morgan fingerprint density at radius 1 is 1.04 bits per heavy atom. The van der Waals surface area contributed by atoms with Crippen LogP contribution in [0.5, 0.6) is 0 Å². The summed E-state index contributed by atoms with van der Waals surface area (Å²) in [4.78, 5) is 28.1. The van der Waals surface area contributed by atoms with Crippen molar-refractivity contribution in [3.05, 3.63) is 71.8 Å². The number of carbonyl (C=O) groups excluding carboxylic acids is 1. The second-order valence-corrected chi connectivity index (χ2v) is 7.05. The predicted octanol–water partition coefficient (Wildman–Crippen LogP) is 3.60. The highest BCUT2D eigenvalue weighted by Crippen LogP contribution is 2.28. The molecule has 0 radical (unpaired) electrons. The number of benzene rings is 2. The molecule has 1 aliphatic rings. The van der Waals surface area contributed by atoms with Crippen LogP contribution >= 0.6 is 12.4 Å². The zero-order valence-corrected chi connectivity index (χ0v) is 16.8. The van der Waals surface area contributed by atoms with Crippen molar-refractivity contribution in [3.8, 4) is 0 Å². The number of carboxylic acid groups (broad SMARTS) is 1. The maximum atomic E-state index is 13.1. The summed E-state index contributed by atoms with van der Waals surface area (Å²) in [5, 5.41) is 9.46. The second kappa shape index (κ2) is 10.2. The summed E-state index contributed by atoms with van der Waals surface area (Å²) in [6.07, 6.45) is 2.43. The molecule has 0 bridgehead atoms. The molecule has 6 heteroatoms. The molecular weight excluding hydrogens is 376 g/mol. The Labute approximate surface area is 172 Å². The van der Waals surface area contributed by atoms with Crippen molar-refractivity contribution in [1.82, 2.24) is 9.80 Å². The van der Waals surface area contributed by atoms with Crippen LogP contribution < -0.4 is 0 Å². The van der Waals surface area contributed by atoms with Gasteiger partial charge in [0.05, 0.1) is 12.6 Å². The van der Waals surface area contributed by atoms with E-state index in [1.54, 1.807) is 16.8 Å². The largest absolute Gasteiger partial charge is 0.480 e. The van der Waals surface area contributed by atoms with Gasteiger partial charge in [-0.25, -0.2) is 0 Å². The molecule has 150 valence electrons. The van der Waals surface area contributed by atoms with Gasteiger partial charge in [-0.2, -0.15) is 0 Å². The van der Waals surface area contributed by atoms with Crippen LogP contribution in [0.4, 0.5) is 0 Å². The summed E-state index contributed by atoms with van der Waals surface area (Å²) in [7, 11) is 1.80. The van der Waals surface area contributed by atoms with Crippen molar-refractivity contribution in [2.75, 3.05) is 20.1 Å². The van der Waals surface area contributed by atoms with Crippen LogP contribution in [0.2, 0.25) is 0 Å². The number of hydrogen-bond donors (Lipinski definition) is 1. The molecule has 0 spiro atoms. The number of amides is 1. The lowest BCUT2D eigenvalue weighted by Gasteiger charge is -2.35. The Hall–Kier alpha value is -2.37. The molecule has 2 aromatic rings. The molecule has 28 heavy (non-hydrogen) atoms. The number of rotatable bonds is 6. The minimum Gasteiger partial charge on any atom is -0.480 e. The van der Waals surface area contributed by atoms with Crippen LogP contribution in [0, 0.1) is 0 Å². The summed E-state index contributed by atoms with van der Waals surface area (Å²) in [5.41, 5.74) is 2.07. The van der Waals surface area contributed by atoms with Crippen molar-refractivity contribution >= 4 is 24.3 Å². The van der Waals surface area contributed by atoms with E-state index in [1.165, 1.54) is 0 Å². The first kappa shape index (κ1) is 21.9. The molecule has 1 aliphatic heterocycles. The van der Waals surface area contributed by atoms with Crippen molar-refractivity contribution in [2.24, 2.45) is 0 Å². The van der Waals surface area contributed by atoms with Crippen molar-refractivity contribution < 1.29 is 14.7 Å². The Morgan fingerprint density at radius 2 is 1.57 bits per heavy atom. The Balaban J connectivity index is 0.00000280. The Bertz CT molecular complexity index is 730. The van der Waals surface area contributed by atoms with Gasteiger partial charge in [-0.3, -0.25) is 14.5 Å². The average molecular weight is 403 g/mol. The van der Waals surface area contributed by atoms with Crippen LogP contribution in [-0.2, 0) is 9.59 Å². The maximum absolute atomic E-state index is 13.1. The van der Waals surface area contributed by atoms with Crippen molar-refractivity contribution in [3.63, 3.8) is 0 Å². The molecule has 0 saturated carbocycles. The molecule has 5 nitrogen and oxygen atoms in total. The third-order valence-corrected chi connectivity index (χ3v) is 5.25. The number of nitrogens with zero attached hydrogens (tertiary/aromatic N) is 2. The maximum Gasteiger partial charge on any atom is 0.320 e. The fourth-order valence-electron chi connectivity index (χ4n) is 3.80. The number of halogens is 1. The average Bonchev–Trinajstić information content (AvgIpc) is 2.70. The standard InChI is InChI=1S/C22H26N2O3.ClH/c1-23(20(25)16-24-15-9-8-14-19(24)22(26)27)21(17-10-4-2-5-11-17)18-12-6-3-7-13-18;/h2-7,10-13,19,21H,8-9,14-16H2,1H3,(H,26,27);1H. The van der Waals surface area contributed by atoms with Crippen molar-refractivity contribution in [1.29, 1.82) is 0 Å². The molecule has 0 aromatic heterocycles. The number of hydrogen-bond acceptors (Lipinski definition) is 3. The van der Waals surface area contributed by atoms with Gasteiger partial charge in [-0.05, 0) is 30.5 Å². The zero-order valence-electron chi connectivity index (χ0n) is 16.0. The second-order valence-electron chi connectivity index (χ2n) is 7.05. The molecule has 3 rings (SSSR count). The quantitative estimate of drug-likeness (QED) is 0.802. The molecule has 1 unspecified atom stereocenters. The smallest absolute Gasteiger partial charge is 0.320 e. The molecular formula is C22H27ClN2O3. The van der Waals surface area contributed by atoms with E-state index in [2.05, 4.69) is 0 Å². The van der Waals surface area contributed by atoms with Gasteiger partial charge >= 0.3 is 5.97 Å². The predicted molar refractivity (Wildman–Crippen MR) is 112 cm³/mol. The summed E-state index contributed by atoms with van der Waals surface area (Å²) < 4.78 is 0. The molecule has 1 amide bonds. The van der Waals surface area contributed by atoms with E-state index < -0.39 is 12.0 Å². The first-order chi connectivity index (χ1) is 13.1. The van der Waals surface area contributed by atoms with E-state index in [4.69, 9.17) is 0 Å². The summed E-state index contributed by atoms with van der Waals surface area (Å²) in [5.74, 6) is -0.909. The summed E-state index contributed by atoms with van der Waals surface area (Å²) >= 11 is 0. The fourth-order valence-corrected chi connectivity index (χ4v) is 3.80. The van der Waals surface area contributed by atoms with E-state index in [-0.39, 0.29) is 30.9 Å². The van der Waals surface area contributed by atoms with E-state index >= 15 is 0 Å². The van der Waals surface area contributed by atoms with Gasteiger partial charge in [0.1, 0.15) is 6.04 Å². The lowest BCUT2D eigenvalue weighted by Crippen LogP contribution is -2.49. The van der Waals surface area contributed by atoms with Gasteiger partial charge in [0, 0.05) is 7.05 Å². The molecule has 1 N–H and O–H groups in total. The lowest BCUT2D eigenvalue weighted by molar-refractivity contribution is -0.146. The normalized spacial score (nSPS) is 17.0. The van der Waals surface area contributed by atoms with Crippen molar-refractivity contribution in [2.45, 2.75) is 31.3 Å². The third kappa shape index (κ3) is 5.12. The Morgan fingerprint density at radius 3 is 2.07 bits per heavy atom. The van der Waals surface area contributed by atoms with Crippen LogP contribution in [0.3, 0.4) is 0 Å². The lowest BCUT2D eigenvalue weighted by atomic mass is 9.97. The van der Waals surface area contributed by atoms with E-state index in [0.717, 1.165) is 24.0 Å². The van der Waals surface area contributed by atoms with Crippen LogP contribution in [0.1, 0.15) is 36.4 Å². The minimum atomic E-state index is -0.840. The van der Waals surface area contributed by atoms with Gasteiger partial charge in [0.25, 0.3) is 0 Å². The first-order valence-electron chi connectivity index (χ1n) is 9.40. The fraction of sp³-hybridized carbons (Fsp3) is 0.364. The number of piperidine rings is 1. The van der Waals surface area contributed by atoms with Gasteiger partial charge in [0.2, 0.25) is 5.91 Å². The number of carbonyl (C=O) groups is 2. The zero-order chi connectivity index (χ0) is 19.2. The van der Waals surface area contributed by atoms with Gasteiger partial charge in [0.15, 0.2) is 0 Å². The van der Waals surface area contributed by atoms with Crippen LogP contribution in [0.25, 0.3) is 0 Å². The molecule has 1 saturated heterocycles. The number of carboxylic acids is 1. The van der Waals surface area contributed by atoms with E-state index in [9.17, 15) is 14.7 Å². The van der Waals surface area contributed by atoms with Gasteiger partial charge in [-0.15, -0.1) is 12.4 Å². The first-order valence-corrected chi connectivity index (χ1v) is 9.40. The SMILES string of the molecule is CN(C(=O)CN1CCCCC1C(=O)O)C(c1ccccc1)c1ccccc1.Cl. The van der Waals surface area contributed by atoms with Gasteiger partial charge in [-0.1, -0.05) is 67.1 Å². The highest BCUT2D eigenvalue weighted by atomic mass is 35.5. The van der Waals surface area contributed by atoms with E-state index in [0.29, 0.717) is 13.0 Å². The number of aliphatic carboxylic acids is 1. The van der Waals surface area contributed by atoms with E-state index in [1.807, 2.05) is 60.7 Å². The minimum absolute atomic E-state index is 0. The number of likely N-dealkylation sites (N-methyl/N-ethyl adjacent to an activating group) is 1. The molecule has 2 aromatic carbocycles. The number of likely N-dealkylation sites (tertiary alicyclic amines) is 1. The topological polar surface area (TPSA) is 60.9 Å².